The summed E-state index contributed by atoms with van der Waals surface area (Å²) in [5.74, 6) is -2.82. The number of ketones is 1. The number of hydrogen-bond donors (Lipinski definition) is 1. The quantitative estimate of drug-likeness (QED) is 0.645. The predicted octanol–water partition coefficient (Wildman–Crippen LogP) is 5.00. The highest BCUT2D eigenvalue weighted by Crippen LogP contribution is 2.48. The van der Waals surface area contributed by atoms with Gasteiger partial charge in [-0.05, 0) is 40.8 Å². The van der Waals surface area contributed by atoms with E-state index in [1.54, 1.807) is 6.92 Å². The minimum atomic E-state index is -4.57. The Labute approximate surface area is 189 Å². The maximum atomic E-state index is 13.8. The third kappa shape index (κ3) is 3.91. The lowest BCUT2D eigenvalue weighted by Crippen LogP contribution is -2.37. The molecular weight excluding hydrogens is 431 g/mol. The Morgan fingerprint density at radius 3 is 2.55 bits per heavy atom. The van der Waals surface area contributed by atoms with Crippen LogP contribution in [0, 0.1) is 11.8 Å². The molecule has 0 aliphatic heterocycles. The second kappa shape index (κ2) is 8.63. The van der Waals surface area contributed by atoms with Crippen LogP contribution in [0.25, 0.3) is 11.6 Å². The topological polar surface area (TPSA) is 69.4 Å². The summed E-state index contributed by atoms with van der Waals surface area (Å²) in [6, 6.07) is 11.4. The number of fused-ring (bicyclic) bond motifs is 1. The molecule has 0 bridgehead atoms. The summed E-state index contributed by atoms with van der Waals surface area (Å²) in [7, 11) is 1.24. The lowest BCUT2D eigenvalue weighted by atomic mass is 9.80. The van der Waals surface area contributed by atoms with Crippen molar-refractivity contribution in [2.45, 2.75) is 31.5 Å². The third-order valence-corrected chi connectivity index (χ3v) is 6.56. The fourth-order valence-electron chi connectivity index (χ4n) is 5.03. The highest BCUT2D eigenvalue weighted by Gasteiger charge is 2.48. The average molecular weight is 455 g/mol. The van der Waals surface area contributed by atoms with Crippen LogP contribution in [0.15, 0.2) is 60.2 Å². The molecule has 0 amide bonds. The number of benzene rings is 2. The summed E-state index contributed by atoms with van der Waals surface area (Å²) >= 11 is 0. The molecule has 0 fully saturated rings. The number of allylic oxidation sites excluding steroid dienone is 2. The number of carbonyl (C=O) groups is 2. The number of alkyl halides is 3. The first-order valence-electron chi connectivity index (χ1n) is 10.8. The summed E-state index contributed by atoms with van der Waals surface area (Å²) in [6.45, 7) is 1.76. The van der Waals surface area contributed by atoms with Crippen molar-refractivity contribution in [3.05, 3.63) is 82.4 Å². The van der Waals surface area contributed by atoms with Crippen LogP contribution in [-0.2, 0) is 20.5 Å². The van der Waals surface area contributed by atoms with E-state index in [2.05, 4.69) is 0 Å². The monoisotopic (exact) mass is 455 g/mol. The standard InChI is InChI=1S/C26H24F3NO3/c1-3-17(25(32)33-2)21-20(15-8-6-9-16(13-15)26(27,28)29)24(31)22(23(21)30)19-12-11-14-7-4-5-10-18(14)19/h4-13,17,19,22-23H,3,30H2,1-2H3. The first-order chi connectivity index (χ1) is 15.7. The largest absolute Gasteiger partial charge is 0.469 e. The molecule has 4 nitrogen and oxygen atoms in total. The number of halogens is 3. The number of hydrogen-bond acceptors (Lipinski definition) is 4. The van der Waals surface area contributed by atoms with Gasteiger partial charge in [0.1, 0.15) is 0 Å². The maximum absolute atomic E-state index is 13.8. The zero-order valence-corrected chi connectivity index (χ0v) is 18.2. The molecule has 0 radical (unpaired) electrons. The molecule has 2 aromatic carbocycles. The highest BCUT2D eigenvalue weighted by molar-refractivity contribution is 6.26. The number of rotatable bonds is 5. The normalized spacial score (nSPS) is 23.1. The summed E-state index contributed by atoms with van der Waals surface area (Å²) in [5, 5.41) is 0. The summed E-state index contributed by atoms with van der Waals surface area (Å²) < 4.78 is 45.2. The Kier molecular flexibility index (Phi) is 6.01. The zero-order valence-electron chi connectivity index (χ0n) is 18.2. The van der Waals surface area contributed by atoms with Crippen molar-refractivity contribution >= 4 is 23.4 Å². The first-order valence-corrected chi connectivity index (χ1v) is 10.8. The number of esters is 1. The minimum absolute atomic E-state index is 0.0913. The molecule has 4 atom stereocenters. The Balaban J connectivity index is 1.87. The Bertz CT molecular complexity index is 1170. The second-order valence-corrected chi connectivity index (χ2v) is 8.32. The van der Waals surface area contributed by atoms with E-state index in [9.17, 15) is 22.8 Å². The van der Waals surface area contributed by atoms with E-state index in [1.807, 2.05) is 36.4 Å². The van der Waals surface area contributed by atoms with Gasteiger partial charge in [0.25, 0.3) is 0 Å². The van der Waals surface area contributed by atoms with E-state index in [-0.39, 0.29) is 22.8 Å². The van der Waals surface area contributed by atoms with Gasteiger partial charge in [0, 0.05) is 17.5 Å². The minimum Gasteiger partial charge on any atom is -0.469 e. The Hall–Kier alpha value is -3.19. The smallest absolute Gasteiger partial charge is 0.416 e. The third-order valence-electron chi connectivity index (χ3n) is 6.56. The van der Waals surface area contributed by atoms with Gasteiger partial charge in [0.2, 0.25) is 0 Å². The fraction of sp³-hybridized carbons (Fsp3) is 0.308. The summed E-state index contributed by atoms with van der Waals surface area (Å²) in [5.41, 5.74) is 8.21. The fourth-order valence-corrected chi connectivity index (χ4v) is 5.03. The van der Waals surface area contributed by atoms with Crippen LogP contribution >= 0.6 is 0 Å². The van der Waals surface area contributed by atoms with Crippen LogP contribution in [0.1, 0.15) is 41.5 Å². The molecule has 0 saturated heterocycles. The van der Waals surface area contributed by atoms with Gasteiger partial charge in [-0.1, -0.05) is 55.5 Å². The maximum Gasteiger partial charge on any atom is 0.416 e. The van der Waals surface area contributed by atoms with Crippen molar-refractivity contribution in [3.8, 4) is 0 Å². The number of ether oxygens (including phenoxy) is 1. The van der Waals surface area contributed by atoms with Crippen molar-refractivity contribution in [2.75, 3.05) is 7.11 Å². The molecular formula is C26H24F3NO3. The SMILES string of the molecule is CCC(C(=O)OC)C1=C(c2cccc(C(F)(F)F)c2)C(=O)C(C2C=Cc3ccccc32)C1N. The summed E-state index contributed by atoms with van der Waals surface area (Å²) in [4.78, 5) is 26.4. The number of nitrogens with two attached hydrogens (primary N) is 1. The van der Waals surface area contributed by atoms with Gasteiger partial charge in [-0.2, -0.15) is 13.2 Å². The molecule has 2 N–H and O–H groups in total. The molecule has 4 unspecified atom stereocenters. The molecule has 2 aliphatic carbocycles. The predicted molar refractivity (Wildman–Crippen MR) is 119 cm³/mol. The first kappa shape index (κ1) is 23.0. The molecule has 2 aliphatic rings. The van der Waals surface area contributed by atoms with Crippen LogP contribution in [0.3, 0.4) is 0 Å². The van der Waals surface area contributed by atoms with Gasteiger partial charge >= 0.3 is 12.1 Å². The van der Waals surface area contributed by atoms with Gasteiger partial charge in [0.15, 0.2) is 5.78 Å². The van der Waals surface area contributed by atoms with Crippen molar-refractivity contribution in [3.63, 3.8) is 0 Å². The van der Waals surface area contributed by atoms with Crippen LogP contribution < -0.4 is 5.73 Å². The number of carbonyl (C=O) groups excluding carboxylic acids is 2. The highest BCUT2D eigenvalue weighted by atomic mass is 19.4. The van der Waals surface area contributed by atoms with Crippen molar-refractivity contribution < 1.29 is 27.5 Å². The van der Waals surface area contributed by atoms with E-state index in [0.29, 0.717) is 12.0 Å². The molecule has 0 spiro atoms. The van der Waals surface area contributed by atoms with Crippen molar-refractivity contribution in [2.24, 2.45) is 17.6 Å². The molecule has 172 valence electrons. The lowest BCUT2D eigenvalue weighted by molar-refractivity contribution is -0.144. The van der Waals surface area contributed by atoms with Crippen LogP contribution in [0.4, 0.5) is 13.2 Å². The van der Waals surface area contributed by atoms with Crippen molar-refractivity contribution in [1.29, 1.82) is 0 Å². The summed E-state index contributed by atoms with van der Waals surface area (Å²) in [6.07, 6.45) is -0.451. The zero-order chi connectivity index (χ0) is 23.9. The number of methoxy groups -OCH3 is 1. The van der Waals surface area contributed by atoms with E-state index in [4.69, 9.17) is 10.5 Å². The van der Waals surface area contributed by atoms with E-state index in [1.165, 1.54) is 19.2 Å². The van der Waals surface area contributed by atoms with Gasteiger partial charge in [-0.15, -0.1) is 0 Å². The molecule has 4 rings (SSSR count). The lowest BCUT2D eigenvalue weighted by Gasteiger charge is -2.26. The average Bonchev–Trinajstić information content (AvgIpc) is 3.32. The number of Topliss-reactive ketones (excluding diaryl/α,β-unsaturated/α-hetero) is 1. The van der Waals surface area contributed by atoms with Crippen molar-refractivity contribution in [1.82, 2.24) is 0 Å². The Morgan fingerprint density at radius 1 is 1.15 bits per heavy atom. The molecule has 7 heteroatoms. The van der Waals surface area contributed by atoms with Gasteiger partial charge in [-0.3, -0.25) is 9.59 Å². The van der Waals surface area contributed by atoms with E-state index < -0.39 is 35.6 Å². The molecule has 0 aromatic heterocycles. The molecule has 0 heterocycles. The van der Waals surface area contributed by atoms with Crippen LogP contribution in [-0.4, -0.2) is 24.9 Å². The molecule has 2 aromatic rings. The molecule has 0 saturated carbocycles. The van der Waals surface area contributed by atoms with E-state index >= 15 is 0 Å². The molecule has 33 heavy (non-hydrogen) atoms. The van der Waals surface area contributed by atoms with Crippen LogP contribution in [0.2, 0.25) is 0 Å². The van der Waals surface area contributed by atoms with Crippen LogP contribution in [0.5, 0.6) is 0 Å². The van der Waals surface area contributed by atoms with Gasteiger partial charge in [0.05, 0.1) is 24.5 Å². The van der Waals surface area contributed by atoms with E-state index in [0.717, 1.165) is 23.3 Å². The second-order valence-electron chi connectivity index (χ2n) is 8.32. The Morgan fingerprint density at radius 2 is 1.88 bits per heavy atom. The van der Waals surface area contributed by atoms with Gasteiger partial charge < -0.3 is 10.5 Å². The van der Waals surface area contributed by atoms with Gasteiger partial charge in [-0.25, -0.2) is 0 Å².